The number of fused-ring (bicyclic) bond motifs is 3. The lowest BCUT2D eigenvalue weighted by molar-refractivity contribution is 1.64. The van der Waals surface area contributed by atoms with E-state index in [0.717, 1.165) is 6.16 Å². The molecular formula is C15H13P. The Morgan fingerprint density at radius 1 is 0.875 bits per heavy atom. The van der Waals surface area contributed by atoms with Crippen LogP contribution in [0.3, 0.4) is 0 Å². The first-order valence-electron chi connectivity index (χ1n) is 5.48. The number of rotatable bonds is 2. The van der Waals surface area contributed by atoms with Crippen LogP contribution < -0.4 is 0 Å². The van der Waals surface area contributed by atoms with Gasteiger partial charge in [0.15, 0.2) is 0 Å². The van der Waals surface area contributed by atoms with Crippen LogP contribution >= 0.6 is 7.53 Å². The van der Waals surface area contributed by atoms with Crippen molar-refractivity contribution in [2.24, 2.45) is 0 Å². The molecule has 0 fully saturated rings. The van der Waals surface area contributed by atoms with Crippen LogP contribution in [-0.2, 0) is 6.16 Å². The summed E-state index contributed by atoms with van der Waals surface area (Å²) < 4.78 is 0. The number of benzene rings is 2. The maximum absolute atomic E-state index is 3.89. The summed E-state index contributed by atoms with van der Waals surface area (Å²) in [6, 6.07) is 17.5. The summed E-state index contributed by atoms with van der Waals surface area (Å²) in [6.45, 7) is 3.89. The van der Waals surface area contributed by atoms with Gasteiger partial charge in [0.2, 0.25) is 0 Å². The zero-order chi connectivity index (χ0) is 11.0. The minimum Gasteiger partial charge on any atom is -0.105 e. The normalized spacial score (nSPS) is 11.0. The van der Waals surface area contributed by atoms with E-state index in [9.17, 15) is 0 Å². The average Bonchev–Trinajstić information content (AvgIpc) is 2.66. The lowest BCUT2D eigenvalue weighted by Crippen LogP contribution is -1.62. The Morgan fingerprint density at radius 2 is 1.38 bits per heavy atom. The highest BCUT2D eigenvalue weighted by Gasteiger charge is 2.08. The Bertz CT molecular complexity index is 608. The number of hydrogen-bond acceptors (Lipinski definition) is 0. The third-order valence-corrected chi connectivity index (χ3v) is 5.56. The van der Waals surface area contributed by atoms with Crippen LogP contribution in [0.1, 0.15) is 0 Å². The van der Waals surface area contributed by atoms with E-state index >= 15 is 0 Å². The minimum absolute atomic E-state index is 0.195. The Balaban J connectivity index is 2.53. The van der Waals surface area contributed by atoms with E-state index in [2.05, 4.69) is 55.1 Å². The SMILES string of the molecule is C=CCp1c2ccccc2c2ccccc21. The van der Waals surface area contributed by atoms with E-state index in [0.29, 0.717) is 0 Å². The summed E-state index contributed by atoms with van der Waals surface area (Å²) in [5, 5.41) is 5.87. The first-order chi connectivity index (χ1) is 7.92. The van der Waals surface area contributed by atoms with Crippen molar-refractivity contribution in [1.29, 1.82) is 0 Å². The molecule has 0 nitrogen and oxygen atoms in total. The summed E-state index contributed by atoms with van der Waals surface area (Å²) in [5.74, 6) is 0. The third kappa shape index (κ3) is 1.31. The van der Waals surface area contributed by atoms with E-state index in [1.807, 2.05) is 6.08 Å². The molecule has 0 radical (unpaired) electrons. The lowest BCUT2D eigenvalue weighted by atomic mass is 10.2. The smallest absolute Gasteiger partial charge is 0.00481 e. The van der Waals surface area contributed by atoms with Gasteiger partial charge < -0.3 is 0 Å². The van der Waals surface area contributed by atoms with Crippen molar-refractivity contribution >= 4 is 28.5 Å². The molecule has 1 heteroatoms. The van der Waals surface area contributed by atoms with Crippen molar-refractivity contribution < 1.29 is 0 Å². The lowest BCUT2D eigenvalue weighted by Gasteiger charge is -1.97. The highest BCUT2D eigenvalue weighted by molar-refractivity contribution is 7.60. The summed E-state index contributed by atoms with van der Waals surface area (Å²) in [6.07, 6.45) is 3.13. The van der Waals surface area contributed by atoms with Gasteiger partial charge in [-0.3, -0.25) is 0 Å². The van der Waals surface area contributed by atoms with Gasteiger partial charge in [-0.25, -0.2) is 0 Å². The molecule has 78 valence electrons. The van der Waals surface area contributed by atoms with Crippen molar-refractivity contribution in [3.05, 3.63) is 61.2 Å². The van der Waals surface area contributed by atoms with Gasteiger partial charge in [0.25, 0.3) is 0 Å². The second-order valence-corrected chi connectivity index (χ2v) is 6.12. The quantitative estimate of drug-likeness (QED) is 0.527. The molecule has 0 saturated heterocycles. The van der Waals surface area contributed by atoms with Crippen LogP contribution in [0.5, 0.6) is 0 Å². The molecule has 0 unspecified atom stereocenters. The summed E-state index contributed by atoms with van der Waals surface area (Å²) in [7, 11) is -0.195. The van der Waals surface area contributed by atoms with Crippen molar-refractivity contribution in [3.8, 4) is 0 Å². The van der Waals surface area contributed by atoms with Crippen LogP contribution in [0.15, 0.2) is 61.2 Å². The predicted molar refractivity (Wildman–Crippen MR) is 74.4 cm³/mol. The predicted octanol–water partition coefficient (Wildman–Crippen LogP) is 5.17. The molecule has 1 aromatic heterocycles. The summed E-state index contributed by atoms with van der Waals surface area (Å²) >= 11 is 0. The molecule has 0 aliphatic carbocycles. The molecule has 0 N–H and O–H groups in total. The molecule has 16 heavy (non-hydrogen) atoms. The van der Waals surface area contributed by atoms with Crippen molar-refractivity contribution in [2.75, 3.05) is 0 Å². The topological polar surface area (TPSA) is 0 Å². The van der Waals surface area contributed by atoms with Crippen molar-refractivity contribution in [2.45, 2.75) is 6.16 Å². The van der Waals surface area contributed by atoms with Gasteiger partial charge >= 0.3 is 0 Å². The van der Waals surface area contributed by atoms with Gasteiger partial charge in [0.05, 0.1) is 0 Å². The molecule has 0 aliphatic rings. The molecule has 0 bridgehead atoms. The maximum Gasteiger partial charge on any atom is 0.00481 e. The largest absolute Gasteiger partial charge is 0.105 e. The van der Waals surface area contributed by atoms with Gasteiger partial charge in [-0.05, 0) is 10.8 Å². The van der Waals surface area contributed by atoms with E-state index in [1.54, 1.807) is 0 Å². The monoisotopic (exact) mass is 224 g/mol. The molecule has 0 atom stereocenters. The molecule has 0 aliphatic heterocycles. The fourth-order valence-electron chi connectivity index (χ4n) is 2.33. The van der Waals surface area contributed by atoms with Gasteiger partial charge in [-0.15, -0.1) is 14.1 Å². The zero-order valence-electron chi connectivity index (χ0n) is 9.06. The highest BCUT2D eigenvalue weighted by atomic mass is 31.1. The first kappa shape index (κ1) is 9.69. The molecule has 3 aromatic rings. The molecule has 0 saturated carbocycles. The van der Waals surface area contributed by atoms with E-state index in [-0.39, 0.29) is 7.53 Å². The second-order valence-electron chi connectivity index (χ2n) is 3.93. The van der Waals surface area contributed by atoms with Gasteiger partial charge in [-0.2, -0.15) is 0 Å². The Kier molecular flexibility index (Phi) is 2.31. The number of hydrogen-bond donors (Lipinski definition) is 0. The third-order valence-electron chi connectivity index (χ3n) is 2.99. The van der Waals surface area contributed by atoms with Gasteiger partial charge in [0.1, 0.15) is 0 Å². The second kappa shape index (κ2) is 3.81. The Morgan fingerprint density at radius 3 is 1.88 bits per heavy atom. The molecule has 0 amide bonds. The highest BCUT2D eigenvalue weighted by Crippen LogP contribution is 2.49. The molecule has 0 spiro atoms. The maximum atomic E-state index is 3.89. The fraction of sp³-hybridized carbons (Fsp3) is 0.0667. The van der Waals surface area contributed by atoms with Crippen molar-refractivity contribution in [3.63, 3.8) is 0 Å². The molecular weight excluding hydrogens is 211 g/mol. The summed E-state index contributed by atoms with van der Waals surface area (Å²) in [4.78, 5) is 0. The number of allylic oxidation sites excluding steroid dienone is 1. The standard InChI is InChI=1S/C15H13P/c1-2-11-16-14-9-5-3-7-12(14)13-8-4-6-10-15(13)16/h2-10H,1,11H2. The average molecular weight is 224 g/mol. The zero-order valence-corrected chi connectivity index (χ0v) is 9.95. The van der Waals surface area contributed by atoms with Crippen LogP contribution in [0.2, 0.25) is 0 Å². The van der Waals surface area contributed by atoms with E-state index in [1.165, 1.54) is 21.0 Å². The van der Waals surface area contributed by atoms with Gasteiger partial charge in [-0.1, -0.05) is 54.6 Å². The van der Waals surface area contributed by atoms with Crippen molar-refractivity contribution in [1.82, 2.24) is 0 Å². The minimum atomic E-state index is -0.195. The van der Waals surface area contributed by atoms with E-state index < -0.39 is 0 Å². The molecule has 2 aromatic carbocycles. The van der Waals surface area contributed by atoms with Crippen LogP contribution in [0, 0.1) is 0 Å². The van der Waals surface area contributed by atoms with Crippen LogP contribution in [-0.4, -0.2) is 0 Å². The van der Waals surface area contributed by atoms with Crippen LogP contribution in [0.4, 0.5) is 0 Å². The first-order valence-corrected chi connectivity index (χ1v) is 7.01. The fourth-order valence-corrected chi connectivity index (χ4v) is 4.74. The van der Waals surface area contributed by atoms with Crippen LogP contribution in [0.25, 0.3) is 21.0 Å². The van der Waals surface area contributed by atoms with Gasteiger partial charge in [0, 0.05) is 16.4 Å². The molecule has 3 rings (SSSR count). The molecule has 1 heterocycles. The Hall–Kier alpha value is -1.52. The summed E-state index contributed by atoms with van der Waals surface area (Å²) in [5.41, 5.74) is 0. The van der Waals surface area contributed by atoms with E-state index in [4.69, 9.17) is 0 Å². The Labute approximate surface area is 96.3 Å².